The van der Waals surface area contributed by atoms with Gasteiger partial charge in [0.15, 0.2) is 0 Å². The number of thioether (sulfide) groups is 2. The Balaban J connectivity index is 3.24. The Morgan fingerprint density at radius 3 is 1.68 bits per heavy atom. The van der Waals surface area contributed by atoms with Gasteiger partial charge < -0.3 is 0 Å². The zero-order valence-electron chi connectivity index (χ0n) is 10.2. The van der Waals surface area contributed by atoms with Crippen LogP contribution in [-0.2, 0) is 0 Å². The molecule has 0 aromatic heterocycles. The van der Waals surface area contributed by atoms with E-state index in [1.165, 1.54) is 20.8 Å². The number of hydrogen-bond donors (Lipinski definition) is 0. The number of hydrogen-bond acceptors (Lipinski definition) is 2. The maximum atomic E-state index is 12.4. The Morgan fingerprint density at radius 1 is 0.789 bits per heavy atom. The predicted molar refractivity (Wildman–Crippen MR) is 64.5 cm³/mol. The molecule has 0 unspecified atom stereocenters. The Labute approximate surface area is 114 Å². The summed E-state index contributed by atoms with van der Waals surface area (Å²) in [7, 11) is 0. The first kappa shape index (κ1) is 16.6. The van der Waals surface area contributed by atoms with Gasteiger partial charge >= 0.3 is 11.0 Å². The molecule has 0 atom stereocenters. The van der Waals surface area contributed by atoms with E-state index in [4.69, 9.17) is 0 Å². The van der Waals surface area contributed by atoms with E-state index in [9.17, 15) is 26.3 Å². The predicted octanol–water partition coefficient (Wildman–Crippen LogP) is 5.84. The van der Waals surface area contributed by atoms with Crippen LogP contribution >= 0.6 is 23.5 Å². The Kier molecular flexibility index (Phi) is 4.77. The zero-order valence-corrected chi connectivity index (χ0v) is 11.8. The summed E-state index contributed by atoms with van der Waals surface area (Å²) in [6, 6.07) is 1.15. The van der Waals surface area contributed by atoms with Crippen molar-refractivity contribution in [1.29, 1.82) is 0 Å². The van der Waals surface area contributed by atoms with Crippen LogP contribution in [0.1, 0.15) is 16.7 Å². The van der Waals surface area contributed by atoms with Gasteiger partial charge in [-0.1, -0.05) is 0 Å². The molecule has 0 aliphatic rings. The van der Waals surface area contributed by atoms with Gasteiger partial charge in [-0.05, 0) is 67.1 Å². The van der Waals surface area contributed by atoms with Gasteiger partial charge in [0.1, 0.15) is 0 Å². The fourth-order valence-electron chi connectivity index (χ4n) is 1.52. The fraction of sp³-hybridized carbons (Fsp3) is 0.455. The highest BCUT2D eigenvalue weighted by Crippen LogP contribution is 2.45. The van der Waals surface area contributed by atoms with Gasteiger partial charge in [-0.3, -0.25) is 0 Å². The van der Waals surface area contributed by atoms with Gasteiger partial charge in [-0.2, -0.15) is 26.3 Å². The standard InChI is InChI=1S/C11H10F6S2/c1-5-4-8(18-10(12,13)14)6(2)7(3)9(5)19-11(15,16)17/h4H,1-3H3. The summed E-state index contributed by atoms with van der Waals surface area (Å²) in [5.74, 6) is 0. The minimum atomic E-state index is -4.46. The molecule has 8 heteroatoms. The number of halogens is 6. The molecule has 1 aromatic carbocycles. The molecule has 0 aliphatic heterocycles. The second-order valence-corrected chi connectivity index (χ2v) is 6.05. The normalized spacial score (nSPS) is 12.9. The van der Waals surface area contributed by atoms with Crippen molar-refractivity contribution in [1.82, 2.24) is 0 Å². The highest BCUT2D eigenvalue weighted by atomic mass is 32.2. The highest BCUT2D eigenvalue weighted by Gasteiger charge is 2.33. The summed E-state index contributed by atoms with van der Waals surface area (Å²) >= 11 is -0.604. The smallest absolute Gasteiger partial charge is 0.160 e. The lowest BCUT2D eigenvalue weighted by atomic mass is 10.1. The summed E-state index contributed by atoms with van der Waals surface area (Å²) in [6.45, 7) is 4.17. The second-order valence-electron chi connectivity index (χ2n) is 3.87. The van der Waals surface area contributed by atoms with E-state index >= 15 is 0 Å². The van der Waals surface area contributed by atoms with Crippen LogP contribution in [0.4, 0.5) is 26.3 Å². The van der Waals surface area contributed by atoms with E-state index in [1.807, 2.05) is 0 Å². The zero-order chi connectivity index (χ0) is 15.0. The molecule has 1 rings (SSSR count). The lowest BCUT2D eigenvalue weighted by molar-refractivity contribution is -0.0338. The van der Waals surface area contributed by atoms with Crippen molar-refractivity contribution in [2.45, 2.75) is 41.6 Å². The van der Waals surface area contributed by atoms with E-state index in [-0.39, 0.29) is 50.0 Å². The third kappa shape index (κ3) is 4.83. The van der Waals surface area contributed by atoms with E-state index in [0.717, 1.165) is 6.07 Å². The maximum absolute atomic E-state index is 12.4. The van der Waals surface area contributed by atoms with E-state index < -0.39 is 11.0 Å². The van der Waals surface area contributed by atoms with Crippen LogP contribution in [0.25, 0.3) is 0 Å². The average molecular weight is 320 g/mol. The molecule has 19 heavy (non-hydrogen) atoms. The lowest BCUT2D eigenvalue weighted by Gasteiger charge is -2.17. The van der Waals surface area contributed by atoms with Gasteiger partial charge in [0.25, 0.3) is 0 Å². The summed E-state index contributed by atoms with van der Waals surface area (Å²) in [4.78, 5) is -0.0921. The van der Waals surface area contributed by atoms with Gasteiger partial charge in [0, 0.05) is 9.79 Å². The molecule has 0 nitrogen and oxygen atoms in total. The molecular formula is C11H10F6S2. The molecule has 0 aliphatic carbocycles. The van der Waals surface area contributed by atoms with Gasteiger partial charge in [0.2, 0.25) is 0 Å². The SMILES string of the molecule is Cc1cc(SC(F)(F)F)c(C)c(C)c1SC(F)(F)F. The molecule has 0 N–H and O–H groups in total. The van der Waals surface area contributed by atoms with Crippen LogP contribution in [0.3, 0.4) is 0 Å². The van der Waals surface area contributed by atoms with Crippen LogP contribution in [0, 0.1) is 20.8 Å². The first-order valence-electron chi connectivity index (χ1n) is 5.03. The Morgan fingerprint density at radius 2 is 1.26 bits per heavy atom. The minimum Gasteiger partial charge on any atom is -0.160 e. The molecule has 0 amide bonds. The van der Waals surface area contributed by atoms with Crippen molar-refractivity contribution in [2.75, 3.05) is 0 Å². The van der Waals surface area contributed by atoms with Crippen molar-refractivity contribution in [3.05, 3.63) is 22.8 Å². The molecule has 0 bridgehead atoms. The van der Waals surface area contributed by atoms with Crippen LogP contribution < -0.4 is 0 Å². The van der Waals surface area contributed by atoms with Crippen LogP contribution in [0.2, 0.25) is 0 Å². The van der Waals surface area contributed by atoms with E-state index in [0.29, 0.717) is 0 Å². The van der Waals surface area contributed by atoms with Gasteiger partial charge in [-0.15, -0.1) is 0 Å². The molecular weight excluding hydrogens is 310 g/mol. The van der Waals surface area contributed by atoms with Crippen molar-refractivity contribution >= 4 is 23.5 Å². The number of aryl methyl sites for hydroxylation is 1. The van der Waals surface area contributed by atoms with Gasteiger partial charge in [0.05, 0.1) is 0 Å². The molecule has 0 radical (unpaired) electrons. The average Bonchev–Trinajstić information content (AvgIpc) is 2.17. The van der Waals surface area contributed by atoms with Crippen LogP contribution in [0.15, 0.2) is 15.9 Å². The van der Waals surface area contributed by atoms with Crippen molar-refractivity contribution in [2.24, 2.45) is 0 Å². The third-order valence-corrected chi connectivity index (χ3v) is 4.36. The molecule has 0 saturated heterocycles. The molecule has 108 valence electrons. The number of benzene rings is 1. The topological polar surface area (TPSA) is 0 Å². The van der Waals surface area contributed by atoms with E-state index in [1.54, 1.807) is 0 Å². The summed E-state index contributed by atoms with van der Waals surface area (Å²) in [5.41, 5.74) is -8.27. The lowest BCUT2D eigenvalue weighted by Crippen LogP contribution is -2.05. The third-order valence-electron chi connectivity index (χ3n) is 2.42. The largest absolute Gasteiger partial charge is 0.446 e. The fourth-order valence-corrected chi connectivity index (χ4v) is 3.07. The minimum absolute atomic E-state index is 0.0310. The summed E-state index contributed by atoms with van der Waals surface area (Å²) in [5, 5.41) is 0. The summed E-state index contributed by atoms with van der Waals surface area (Å²) < 4.78 is 74.2. The molecule has 0 saturated carbocycles. The monoisotopic (exact) mass is 320 g/mol. The van der Waals surface area contributed by atoms with Gasteiger partial charge in [-0.25, -0.2) is 0 Å². The van der Waals surface area contributed by atoms with Crippen molar-refractivity contribution < 1.29 is 26.3 Å². The number of rotatable bonds is 2. The maximum Gasteiger partial charge on any atom is 0.446 e. The quantitative estimate of drug-likeness (QED) is 0.496. The molecule has 0 heterocycles. The Bertz CT molecular complexity index is 476. The van der Waals surface area contributed by atoms with Crippen LogP contribution in [-0.4, -0.2) is 11.0 Å². The molecule has 0 fully saturated rings. The summed E-state index contributed by atoms with van der Waals surface area (Å²) in [6.07, 6.45) is 0. The molecule has 1 aromatic rings. The van der Waals surface area contributed by atoms with E-state index in [2.05, 4.69) is 0 Å². The first-order chi connectivity index (χ1) is 8.41. The number of alkyl halides is 6. The second kappa shape index (κ2) is 5.47. The van der Waals surface area contributed by atoms with Crippen molar-refractivity contribution in [3.63, 3.8) is 0 Å². The Hall–Kier alpha value is -0.500. The van der Waals surface area contributed by atoms with Crippen molar-refractivity contribution in [3.8, 4) is 0 Å². The molecule has 0 spiro atoms. The van der Waals surface area contributed by atoms with Crippen LogP contribution in [0.5, 0.6) is 0 Å². The first-order valence-corrected chi connectivity index (χ1v) is 6.66. The highest BCUT2D eigenvalue weighted by molar-refractivity contribution is 8.00.